The van der Waals surface area contributed by atoms with Gasteiger partial charge in [0.25, 0.3) is 26.0 Å². The Kier molecular flexibility index (Phi) is 4.20. The van der Waals surface area contributed by atoms with Gasteiger partial charge in [0, 0.05) is 5.69 Å². The van der Waals surface area contributed by atoms with Gasteiger partial charge in [-0.3, -0.25) is 9.52 Å². The first-order valence-corrected chi connectivity index (χ1v) is 10.2. The SMILES string of the molecule is O=C(O)c1ccc(NS(=O)(=O)CN2C(=O)c3ccccc3S2(=O)=O)cc1. The molecule has 0 spiro atoms. The molecule has 0 atom stereocenters. The van der Waals surface area contributed by atoms with Crippen molar-refractivity contribution in [3.63, 3.8) is 0 Å². The van der Waals surface area contributed by atoms with Gasteiger partial charge in [0.1, 0.15) is 4.90 Å². The number of aromatic carboxylic acids is 1. The van der Waals surface area contributed by atoms with Crippen molar-refractivity contribution in [2.45, 2.75) is 4.90 Å². The number of carboxylic acids is 1. The number of hydrogen-bond donors (Lipinski definition) is 2. The number of benzene rings is 2. The molecule has 1 aliphatic rings. The Labute approximate surface area is 149 Å². The summed E-state index contributed by atoms with van der Waals surface area (Å²) >= 11 is 0. The van der Waals surface area contributed by atoms with E-state index in [1.165, 1.54) is 48.5 Å². The Hall–Kier alpha value is -2.92. The van der Waals surface area contributed by atoms with Crippen molar-refractivity contribution >= 4 is 37.6 Å². The van der Waals surface area contributed by atoms with E-state index in [4.69, 9.17) is 5.11 Å². The molecule has 0 bridgehead atoms. The van der Waals surface area contributed by atoms with E-state index in [0.29, 0.717) is 0 Å². The van der Waals surface area contributed by atoms with Crippen LogP contribution >= 0.6 is 0 Å². The lowest BCUT2D eigenvalue weighted by molar-refractivity contribution is 0.0696. The maximum atomic E-state index is 12.4. The molecule has 1 heterocycles. The Morgan fingerprint density at radius 2 is 1.69 bits per heavy atom. The number of hydrogen-bond acceptors (Lipinski definition) is 6. The predicted octanol–water partition coefficient (Wildman–Crippen LogP) is 0.929. The van der Waals surface area contributed by atoms with Crippen LogP contribution in [0.1, 0.15) is 20.7 Å². The second-order valence-electron chi connectivity index (χ2n) is 5.38. The molecule has 0 fully saturated rings. The van der Waals surface area contributed by atoms with E-state index in [9.17, 15) is 26.4 Å². The van der Waals surface area contributed by atoms with Gasteiger partial charge in [0.15, 0.2) is 5.88 Å². The van der Waals surface area contributed by atoms with Crippen LogP contribution < -0.4 is 4.72 Å². The van der Waals surface area contributed by atoms with Crippen molar-refractivity contribution in [1.82, 2.24) is 4.31 Å². The molecular formula is C15H12N2O7S2. The zero-order valence-electron chi connectivity index (χ0n) is 13.0. The highest BCUT2D eigenvalue weighted by molar-refractivity contribution is 7.95. The van der Waals surface area contributed by atoms with E-state index in [2.05, 4.69) is 4.72 Å². The van der Waals surface area contributed by atoms with E-state index < -0.39 is 37.8 Å². The minimum Gasteiger partial charge on any atom is -0.478 e. The topological polar surface area (TPSA) is 138 Å². The number of carbonyl (C=O) groups excluding carboxylic acids is 1. The molecule has 136 valence electrons. The average Bonchev–Trinajstić information content (AvgIpc) is 2.76. The van der Waals surface area contributed by atoms with E-state index >= 15 is 0 Å². The minimum absolute atomic E-state index is 0.0385. The number of amides is 1. The van der Waals surface area contributed by atoms with Gasteiger partial charge in [-0.05, 0) is 36.4 Å². The van der Waals surface area contributed by atoms with E-state index in [0.717, 1.165) is 0 Å². The van der Waals surface area contributed by atoms with Crippen LogP contribution in [0.4, 0.5) is 5.69 Å². The van der Waals surface area contributed by atoms with Crippen LogP contribution in [0.5, 0.6) is 0 Å². The number of carbonyl (C=O) groups is 2. The van der Waals surface area contributed by atoms with Crippen LogP contribution in [0.15, 0.2) is 53.4 Å². The lowest BCUT2D eigenvalue weighted by atomic mass is 10.2. The highest BCUT2D eigenvalue weighted by atomic mass is 32.2. The Morgan fingerprint density at radius 3 is 2.27 bits per heavy atom. The first kappa shape index (κ1) is 17.9. The van der Waals surface area contributed by atoms with Crippen LogP contribution in [-0.4, -0.2) is 44.0 Å². The molecule has 0 saturated heterocycles. The van der Waals surface area contributed by atoms with E-state index in [-0.39, 0.29) is 26.0 Å². The maximum absolute atomic E-state index is 12.4. The fourth-order valence-electron chi connectivity index (χ4n) is 2.41. The first-order chi connectivity index (χ1) is 12.1. The van der Waals surface area contributed by atoms with Crippen molar-refractivity contribution in [3.05, 3.63) is 59.7 Å². The van der Waals surface area contributed by atoms with Gasteiger partial charge >= 0.3 is 5.97 Å². The molecule has 2 aromatic rings. The average molecular weight is 396 g/mol. The smallest absolute Gasteiger partial charge is 0.335 e. The Morgan fingerprint density at radius 1 is 1.08 bits per heavy atom. The number of carboxylic acid groups (broad SMARTS) is 1. The van der Waals surface area contributed by atoms with E-state index in [1.807, 2.05) is 0 Å². The van der Waals surface area contributed by atoms with E-state index in [1.54, 1.807) is 0 Å². The highest BCUT2D eigenvalue weighted by Crippen LogP contribution is 2.30. The van der Waals surface area contributed by atoms with Gasteiger partial charge in [0.05, 0.1) is 11.1 Å². The summed E-state index contributed by atoms with van der Waals surface area (Å²) in [5, 5.41) is 8.82. The van der Waals surface area contributed by atoms with Crippen molar-refractivity contribution in [2.24, 2.45) is 0 Å². The summed E-state index contributed by atoms with van der Waals surface area (Å²) in [6, 6.07) is 10.3. The first-order valence-electron chi connectivity index (χ1n) is 7.12. The molecule has 0 aliphatic carbocycles. The maximum Gasteiger partial charge on any atom is 0.335 e. The summed E-state index contributed by atoms with van der Waals surface area (Å²) in [5.74, 6) is -3.19. The zero-order chi connectivity index (χ0) is 19.1. The Balaban J connectivity index is 1.84. The summed E-state index contributed by atoms with van der Waals surface area (Å²) < 4.78 is 51.7. The van der Waals surface area contributed by atoms with Crippen molar-refractivity contribution < 1.29 is 31.5 Å². The third-order valence-electron chi connectivity index (χ3n) is 3.60. The lowest BCUT2D eigenvalue weighted by Crippen LogP contribution is -2.37. The van der Waals surface area contributed by atoms with Gasteiger partial charge in [-0.1, -0.05) is 12.1 Å². The summed E-state index contributed by atoms with van der Waals surface area (Å²) in [6.07, 6.45) is 0. The molecule has 9 nitrogen and oxygen atoms in total. The molecule has 1 aliphatic heterocycles. The third kappa shape index (κ3) is 3.13. The number of anilines is 1. The molecule has 0 aromatic heterocycles. The minimum atomic E-state index is -4.25. The second-order valence-corrected chi connectivity index (χ2v) is 8.91. The molecule has 11 heteroatoms. The monoisotopic (exact) mass is 396 g/mol. The quantitative estimate of drug-likeness (QED) is 0.766. The summed E-state index contributed by atoms with van der Waals surface area (Å²) in [5.41, 5.74) is -0.0919. The van der Waals surface area contributed by atoms with Crippen molar-refractivity contribution in [2.75, 3.05) is 10.6 Å². The molecule has 0 saturated carbocycles. The van der Waals surface area contributed by atoms with Gasteiger partial charge in [0.2, 0.25) is 0 Å². The normalized spacial score (nSPS) is 15.5. The molecule has 2 aromatic carbocycles. The molecule has 2 N–H and O–H groups in total. The zero-order valence-corrected chi connectivity index (χ0v) is 14.6. The third-order valence-corrected chi connectivity index (χ3v) is 6.70. The number of sulfonamides is 2. The van der Waals surface area contributed by atoms with Crippen LogP contribution in [-0.2, 0) is 20.0 Å². The standard InChI is InChI=1S/C15H12N2O7S2/c18-14-12-3-1-2-4-13(12)26(23,24)17(14)9-25(21,22)16-11-7-5-10(6-8-11)15(19)20/h1-8,16H,9H2,(H,19,20). The number of rotatable bonds is 5. The summed E-state index contributed by atoms with van der Waals surface area (Å²) in [4.78, 5) is 22.8. The van der Waals surface area contributed by atoms with Gasteiger partial charge in [-0.25, -0.2) is 25.9 Å². The van der Waals surface area contributed by atoms with Crippen LogP contribution in [0.2, 0.25) is 0 Å². The molecule has 26 heavy (non-hydrogen) atoms. The van der Waals surface area contributed by atoms with Crippen LogP contribution in [0, 0.1) is 0 Å². The highest BCUT2D eigenvalue weighted by Gasteiger charge is 2.43. The number of nitrogens with one attached hydrogen (secondary N) is 1. The largest absolute Gasteiger partial charge is 0.478 e. The van der Waals surface area contributed by atoms with Gasteiger partial charge in [-0.15, -0.1) is 0 Å². The molecule has 0 radical (unpaired) electrons. The lowest BCUT2D eigenvalue weighted by Gasteiger charge is -2.16. The van der Waals surface area contributed by atoms with Gasteiger partial charge < -0.3 is 5.11 Å². The second kappa shape index (κ2) is 6.11. The molecule has 0 unspecified atom stereocenters. The number of fused-ring (bicyclic) bond motifs is 1. The number of nitrogens with zero attached hydrogens (tertiary/aromatic N) is 1. The fourth-order valence-corrected chi connectivity index (χ4v) is 5.60. The molecule has 1 amide bonds. The summed E-state index contributed by atoms with van der Waals surface area (Å²) in [7, 11) is -8.50. The summed E-state index contributed by atoms with van der Waals surface area (Å²) in [6.45, 7) is 0. The van der Waals surface area contributed by atoms with Crippen molar-refractivity contribution in [3.8, 4) is 0 Å². The molecular weight excluding hydrogens is 384 g/mol. The fraction of sp³-hybridized carbons (Fsp3) is 0.0667. The van der Waals surface area contributed by atoms with Gasteiger partial charge in [-0.2, -0.15) is 0 Å². The predicted molar refractivity (Wildman–Crippen MR) is 90.6 cm³/mol. The van der Waals surface area contributed by atoms with Crippen LogP contribution in [0.25, 0.3) is 0 Å². The Bertz CT molecular complexity index is 1110. The molecule has 3 rings (SSSR count). The van der Waals surface area contributed by atoms with Crippen LogP contribution in [0.3, 0.4) is 0 Å². The van der Waals surface area contributed by atoms with Crippen molar-refractivity contribution in [1.29, 1.82) is 0 Å².